The van der Waals surface area contributed by atoms with Gasteiger partial charge in [-0.15, -0.1) is 0 Å². The summed E-state index contributed by atoms with van der Waals surface area (Å²) >= 11 is 0. The lowest BCUT2D eigenvalue weighted by atomic mass is 10.1. The van der Waals surface area contributed by atoms with Crippen molar-refractivity contribution < 1.29 is 14.3 Å². The van der Waals surface area contributed by atoms with E-state index in [1.165, 1.54) is 0 Å². The Hall–Kier alpha value is -1.06. The number of hydrogen-bond donors (Lipinski definition) is 0. The molecule has 0 spiro atoms. The summed E-state index contributed by atoms with van der Waals surface area (Å²) in [7, 11) is 0. The molecular weight excluding hydrogens is 230 g/mol. The zero-order valence-corrected chi connectivity index (χ0v) is 11.9. The molecule has 1 aliphatic rings. The van der Waals surface area contributed by atoms with Crippen LogP contribution in [0.3, 0.4) is 0 Å². The fraction of sp³-hybridized carbons (Fsp3) is 0.857. The van der Waals surface area contributed by atoms with Gasteiger partial charge in [-0.1, -0.05) is 27.7 Å². The first-order valence-electron chi connectivity index (χ1n) is 7.03. The Kier molecular flexibility index (Phi) is 5.63. The average molecular weight is 255 g/mol. The smallest absolute Gasteiger partial charge is 0.305 e. The standard InChI is InChI=1S/C14H25NO3/c1-5-10(4)14(17)15-9-12(8-11(15)6-2)18-13(16)7-3/h10-12H,5-9H2,1-4H3. The minimum Gasteiger partial charge on any atom is -0.460 e. The molecule has 0 N–H and O–H groups in total. The fourth-order valence-corrected chi connectivity index (χ4v) is 2.34. The van der Waals surface area contributed by atoms with Crippen LogP contribution in [-0.4, -0.2) is 35.5 Å². The minimum absolute atomic E-state index is 0.0553. The number of hydrogen-bond acceptors (Lipinski definition) is 3. The van der Waals surface area contributed by atoms with E-state index in [1.807, 2.05) is 18.7 Å². The summed E-state index contributed by atoms with van der Waals surface area (Å²) in [5.74, 6) is 0.0757. The molecule has 0 aromatic heterocycles. The number of ether oxygens (including phenoxy) is 1. The van der Waals surface area contributed by atoms with Gasteiger partial charge in [-0.05, 0) is 12.8 Å². The minimum atomic E-state index is -0.173. The molecule has 0 radical (unpaired) electrons. The predicted octanol–water partition coefficient (Wildman–Crippen LogP) is 2.37. The molecule has 0 aromatic rings. The first-order chi connectivity index (χ1) is 8.53. The largest absolute Gasteiger partial charge is 0.460 e. The van der Waals surface area contributed by atoms with Crippen LogP contribution in [0.5, 0.6) is 0 Å². The van der Waals surface area contributed by atoms with Crippen LogP contribution >= 0.6 is 0 Å². The SMILES string of the molecule is CCC(=O)OC1CC(CC)N(C(=O)C(C)CC)C1. The predicted molar refractivity (Wildman–Crippen MR) is 70.0 cm³/mol. The summed E-state index contributed by atoms with van der Waals surface area (Å²) in [6.45, 7) is 8.41. The third-order valence-corrected chi connectivity index (χ3v) is 3.75. The van der Waals surface area contributed by atoms with Crippen molar-refractivity contribution in [2.24, 2.45) is 5.92 Å². The molecule has 18 heavy (non-hydrogen) atoms. The highest BCUT2D eigenvalue weighted by molar-refractivity contribution is 5.79. The van der Waals surface area contributed by atoms with Crippen LogP contribution in [0.1, 0.15) is 53.4 Å². The maximum atomic E-state index is 12.2. The van der Waals surface area contributed by atoms with Gasteiger partial charge < -0.3 is 9.64 Å². The molecule has 0 aliphatic carbocycles. The van der Waals surface area contributed by atoms with Crippen molar-refractivity contribution in [2.45, 2.75) is 65.5 Å². The Bertz CT molecular complexity index is 303. The highest BCUT2D eigenvalue weighted by atomic mass is 16.5. The summed E-state index contributed by atoms with van der Waals surface area (Å²) in [5, 5.41) is 0. The van der Waals surface area contributed by atoms with Crippen molar-refractivity contribution in [1.29, 1.82) is 0 Å². The summed E-state index contributed by atoms with van der Waals surface area (Å²) < 4.78 is 5.35. The first kappa shape index (κ1) is 15.0. The molecule has 1 fully saturated rings. The summed E-state index contributed by atoms with van der Waals surface area (Å²) in [6.07, 6.45) is 2.83. The molecule has 1 aliphatic heterocycles. The van der Waals surface area contributed by atoms with Crippen LogP contribution in [0.25, 0.3) is 0 Å². The number of carbonyl (C=O) groups is 2. The lowest BCUT2D eigenvalue weighted by Crippen LogP contribution is -2.39. The van der Waals surface area contributed by atoms with E-state index in [2.05, 4.69) is 6.92 Å². The number of likely N-dealkylation sites (tertiary alicyclic amines) is 1. The molecule has 3 atom stereocenters. The Balaban J connectivity index is 2.63. The molecule has 1 rings (SSSR count). The summed E-state index contributed by atoms with van der Waals surface area (Å²) in [4.78, 5) is 25.4. The first-order valence-corrected chi connectivity index (χ1v) is 7.03. The van der Waals surface area contributed by atoms with Crippen molar-refractivity contribution in [3.8, 4) is 0 Å². The maximum Gasteiger partial charge on any atom is 0.305 e. The number of amides is 1. The van der Waals surface area contributed by atoms with Gasteiger partial charge in [0.05, 0.1) is 6.54 Å². The van der Waals surface area contributed by atoms with Crippen LogP contribution < -0.4 is 0 Å². The molecular formula is C14H25NO3. The molecule has 0 bridgehead atoms. The van der Waals surface area contributed by atoms with Crippen molar-refractivity contribution in [3.05, 3.63) is 0 Å². The molecule has 0 saturated carbocycles. The second-order valence-corrected chi connectivity index (χ2v) is 5.06. The van der Waals surface area contributed by atoms with Gasteiger partial charge in [-0.3, -0.25) is 9.59 Å². The second kappa shape index (κ2) is 6.76. The Labute approximate surface area is 110 Å². The van der Waals surface area contributed by atoms with Crippen LogP contribution in [-0.2, 0) is 14.3 Å². The third-order valence-electron chi connectivity index (χ3n) is 3.75. The summed E-state index contributed by atoms with van der Waals surface area (Å²) in [5.41, 5.74) is 0. The normalized spacial score (nSPS) is 25.0. The Morgan fingerprint density at radius 3 is 2.50 bits per heavy atom. The highest BCUT2D eigenvalue weighted by Crippen LogP contribution is 2.25. The van der Waals surface area contributed by atoms with E-state index < -0.39 is 0 Å². The van der Waals surface area contributed by atoms with Crippen molar-refractivity contribution in [1.82, 2.24) is 4.90 Å². The van der Waals surface area contributed by atoms with Crippen LogP contribution in [0, 0.1) is 5.92 Å². The molecule has 4 heteroatoms. The van der Waals surface area contributed by atoms with E-state index in [4.69, 9.17) is 4.74 Å². The zero-order valence-electron chi connectivity index (χ0n) is 11.9. The van der Waals surface area contributed by atoms with Gasteiger partial charge >= 0.3 is 5.97 Å². The molecule has 104 valence electrons. The Morgan fingerprint density at radius 1 is 1.33 bits per heavy atom. The monoisotopic (exact) mass is 255 g/mol. The van der Waals surface area contributed by atoms with Gasteiger partial charge in [0.25, 0.3) is 0 Å². The quantitative estimate of drug-likeness (QED) is 0.708. The van der Waals surface area contributed by atoms with Crippen molar-refractivity contribution in [2.75, 3.05) is 6.54 Å². The van der Waals surface area contributed by atoms with E-state index in [0.717, 1.165) is 19.3 Å². The van der Waals surface area contributed by atoms with Gasteiger partial charge in [0, 0.05) is 24.8 Å². The summed E-state index contributed by atoms with van der Waals surface area (Å²) in [6, 6.07) is 0.223. The van der Waals surface area contributed by atoms with Crippen molar-refractivity contribution in [3.63, 3.8) is 0 Å². The average Bonchev–Trinajstić information content (AvgIpc) is 2.79. The Morgan fingerprint density at radius 2 is 2.00 bits per heavy atom. The maximum absolute atomic E-state index is 12.2. The van der Waals surface area contributed by atoms with Gasteiger partial charge in [-0.2, -0.15) is 0 Å². The van der Waals surface area contributed by atoms with Gasteiger partial charge in [0.15, 0.2) is 0 Å². The van der Waals surface area contributed by atoms with Crippen LogP contribution in [0.15, 0.2) is 0 Å². The number of nitrogens with zero attached hydrogens (tertiary/aromatic N) is 1. The van der Waals surface area contributed by atoms with Gasteiger partial charge in [0.2, 0.25) is 5.91 Å². The number of carbonyl (C=O) groups excluding carboxylic acids is 2. The van der Waals surface area contributed by atoms with E-state index in [1.54, 1.807) is 6.92 Å². The number of esters is 1. The highest BCUT2D eigenvalue weighted by Gasteiger charge is 2.37. The van der Waals surface area contributed by atoms with E-state index in [-0.39, 0.29) is 29.9 Å². The number of rotatable bonds is 5. The van der Waals surface area contributed by atoms with E-state index in [0.29, 0.717) is 13.0 Å². The molecule has 1 saturated heterocycles. The third kappa shape index (κ3) is 3.47. The van der Waals surface area contributed by atoms with Crippen molar-refractivity contribution >= 4 is 11.9 Å². The molecule has 0 aromatic carbocycles. The lowest BCUT2D eigenvalue weighted by Gasteiger charge is -2.25. The fourth-order valence-electron chi connectivity index (χ4n) is 2.34. The molecule has 1 amide bonds. The van der Waals surface area contributed by atoms with E-state index >= 15 is 0 Å². The van der Waals surface area contributed by atoms with Gasteiger partial charge in [0.1, 0.15) is 6.10 Å². The second-order valence-electron chi connectivity index (χ2n) is 5.06. The molecule has 3 unspecified atom stereocenters. The lowest BCUT2D eigenvalue weighted by molar-refractivity contribution is -0.149. The van der Waals surface area contributed by atoms with Crippen LogP contribution in [0.2, 0.25) is 0 Å². The molecule has 4 nitrogen and oxygen atoms in total. The van der Waals surface area contributed by atoms with Crippen LogP contribution in [0.4, 0.5) is 0 Å². The van der Waals surface area contributed by atoms with E-state index in [9.17, 15) is 9.59 Å². The molecule has 1 heterocycles. The van der Waals surface area contributed by atoms with Gasteiger partial charge in [-0.25, -0.2) is 0 Å². The topological polar surface area (TPSA) is 46.6 Å². The zero-order chi connectivity index (χ0) is 13.7.